The first-order valence-electron chi connectivity index (χ1n) is 11.3. The molecule has 0 bridgehead atoms. The molecule has 2 rings (SSSR count). The van der Waals surface area contributed by atoms with Crippen molar-refractivity contribution < 1.29 is 44.6 Å². The normalized spacial score (nSPS) is 13.9. The van der Waals surface area contributed by atoms with Crippen LogP contribution >= 0.6 is 0 Å². The maximum absolute atomic E-state index is 13.1. The van der Waals surface area contributed by atoms with Crippen LogP contribution in [0.4, 0.5) is 37.8 Å². The molecule has 1 aromatic carbocycles. The monoisotopic (exact) mass is 573 g/mol. The van der Waals surface area contributed by atoms with Crippen molar-refractivity contribution in [3.05, 3.63) is 48.2 Å². The van der Waals surface area contributed by atoms with Crippen molar-refractivity contribution in [3.63, 3.8) is 0 Å². The molecule has 9 nitrogen and oxygen atoms in total. The number of nitrogens with one attached hydrogen (secondary N) is 3. The van der Waals surface area contributed by atoms with E-state index in [1.165, 1.54) is 12.1 Å². The molecule has 2 aromatic rings. The van der Waals surface area contributed by atoms with Gasteiger partial charge in [0.25, 0.3) is 5.60 Å². The van der Waals surface area contributed by atoms with E-state index in [0.717, 1.165) is 24.8 Å². The summed E-state index contributed by atoms with van der Waals surface area (Å²) in [5.41, 5.74) is -0.917. The highest BCUT2D eigenvalue weighted by Gasteiger charge is 2.71. The van der Waals surface area contributed by atoms with Crippen LogP contribution in [0.15, 0.2) is 47.5 Å². The lowest BCUT2D eigenvalue weighted by Crippen LogP contribution is -2.53. The van der Waals surface area contributed by atoms with Gasteiger partial charge < -0.3 is 26.2 Å². The molecule has 0 fully saturated rings. The number of sulfonamides is 1. The molecular weight excluding hydrogens is 544 g/mol. The van der Waals surface area contributed by atoms with Crippen LogP contribution < -0.4 is 21.1 Å². The molecule has 38 heavy (non-hydrogen) atoms. The second-order valence-corrected chi connectivity index (χ2v) is 9.98. The molecule has 1 aromatic heterocycles. The van der Waals surface area contributed by atoms with Crippen molar-refractivity contribution >= 4 is 21.5 Å². The van der Waals surface area contributed by atoms with E-state index >= 15 is 0 Å². The highest BCUT2D eigenvalue weighted by atomic mass is 32.2. The van der Waals surface area contributed by atoms with Crippen LogP contribution in [-0.2, 0) is 20.4 Å². The van der Waals surface area contributed by atoms with E-state index < -0.39 is 39.6 Å². The number of aromatic nitrogens is 1. The average Bonchev–Trinajstić information content (AvgIpc) is 2.83. The van der Waals surface area contributed by atoms with Gasteiger partial charge in [0.1, 0.15) is 10.7 Å². The van der Waals surface area contributed by atoms with Gasteiger partial charge in [-0.15, -0.1) is 0 Å². The number of rotatable bonds is 14. The molecule has 1 heterocycles. The van der Waals surface area contributed by atoms with E-state index in [-0.39, 0.29) is 29.5 Å². The third-order valence-electron chi connectivity index (χ3n) is 5.25. The predicted octanol–water partition coefficient (Wildman–Crippen LogP) is 2.75. The number of anilines is 2. The Morgan fingerprint density at radius 3 is 2.16 bits per heavy atom. The van der Waals surface area contributed by atoms with E-state index in [1.54, 1.807) is 0 Å². The number of alkyl halides is 6. The molecule has 0 saturated heterocycles. The van der Waals surface area contributed by atoms with Crippen LogP contribution in [0.1, 0.15) is 18.9 Å². The zero-order valence-corrected chi connectivity index (χ0v) is 21.1. The minimum atomic E-state index is -6.01. The summed E-state index contributed by atoms with van der Waals surface area (Å²) in [6.45, 7) is 3.18. The summed E-state index contributed by atoms with van der Waals surface area (Å²) in [5.74, 6) is 0.115. The van der Waals surface area contributed by atoms with Crippen molar-refractivity contribution in [2.75, 3.05) is 43.9 Å². The van der Waals surface area contributed by atoms with Gasteiger partial charge in [-0.1, -0.05) is 19.1 Å². The van der Waals surface area contributed by atoms with E-state index in [2.05, 4.69) is 20.3 Å². The van der Waals surface area contributed by atoms with Gasteiger partial charge in [0.15, 0.2) is 0 Å². The quantitative estimate of drug-likeness (QED) is 0.172. The van der Waals surface area contributed by atoms with Gasteiger partial charge in [-0.05, 0) is 30.7 Å². The molecular formula is C22H29F6N5O4S. The zero-order chi connectivity index (χ0) is 28.6. The van der Waals surface area contributed by atoms with Crippen LogP contribution in [0.3, 0.4) is 0 Å². The van der Waals surface area contributed by atoms with Crippen molar-refractivity contribution in [2.24, 2.45) is 0 Å². The summed E-state index contributed by atoms with van der Waals surface area (Å²) in [7, 11) is -4.01. The summed E-state index contributed by atoms with van der Waals surface area (Å²) in [4.78, 5) is 3.57. The lowest BCUT2D eigenvalue weighted by molar-refractivity contribution is -0.376. The molecule has 6 N–H and O–H groups in total. The van der Waals surface area contributed by atoms with Crippen molar-refractivity contribution in [1.82, 2.24) is 15.0 Å². The molecule has 1 atom stereocenters. The van der Waals surface area contributed by atoms with Crippen molar-refractivity contribution in [3.8, 4) is 0 Å². The fraction of sp³-hybridized carbons (Fsp3) is 0.500. The maximum atomic E-state index is 13.1. The minimum absolute atomic E-state index is 0.0860. The molecule has 1 unspecified atom stereocenters. The van der Waals surface area contributed by atoms with Gasteiger partial charge >= 0.3 is 12.4 Å². The fourth-order valence-electron chi connectivity index (χ4n) is 3.22. The first-order chi connectivity index (χ1) is 17.6. The summed E-state index contributed by atoms with van der Waals surface area (Å²) < 4.78 is 112. The first kappa shape index (κ1) is 31.6. The number of nitrogen functional groups attached to an aromatic ring is 1. The largest absolute Gasteiger partial charge is 0.430 e. The Hall–Kier alpha value is -2.66. The maximum Gasteiger partial charge on any atom is 0.430 e. The number of halogens is 6. The van der Waals surface area contributed by atoms with Crippen molar-refractivity contribution in [2.45, 2.75) is 42.2 Å². The fourth-order valence-corrected chi connectivity index (χ4v) is 4.24. The molecule has 0 aliphatic heterocycles. The number of pyridine rings is 1. The second-order valence-electron chi connectivity index (χ2n) is 8.21. The Balaban J connectivity index is 2.18. The number of benzene rings is 1. The predicted molar refractivity (Wildman–Crippen MR) is 128 cm³/mol. The standard InChI is InChI=1S/C22H29F6N5O4S/c1-2-10-37-11-9-30-12-17(13-32-38(35,36)18-7-8-19(29)31-14-18)33-16-5-3-15(4-6-16)20(34,21(23,24)25)22(26,27)28/h3-8,14,17,30,32-34H,2,9-13H2,1H3,(H2,29,31). The van der Waals surface area contributed by atoms with E-state index in [1.807, 2.05) is 6.92 Å². The van der Waals surface area contributed by atoms with Crippen molar-refractivity contribution in [1.29, 1.82) is 0 Å². The summed E-state index contributed by atoms with van der Waals surface area (Å²) in [5, 5.41) is 15.4. The van der Waals surface area contributed by atoms with Gasteiger partial charge in [0, 0.05) is 43.7 Å². The lowest BCUT2D eigenvalue weighted by atomic mass is 9.92. The number of nitrogens with two attached hydrogens (primary N) is 1. The molecule has 0 aliphatic rings. The highest BCUT2D eigenvalue weighted by molar-refractivity contribution is 7.89. The van der Waals surface area contributed by atoms with Crippen LogP contribution in [-0.4, -0.2) is 69.8 Å². The SMILES string of the molecule is CCCOCCNCC(CNS(=O)(=O)c1ccc(N)nc1)Nc1ccc(C(O)(C(F)(F)F)C(F)(F)F)cc1. The summed E-state index contributed by atoms with van der Waals surface area (Å²) in [6, 6.07) is 4.69. The van der Waals surface area contributed by atoms with E-state index in [9.17, 15) is 39.9 Å². The third-order valence-corrected chi connectivity index (χ3v) is 6.65. The third kappa shape index (κ3) is 8.17. The number of ether oxygens (including phenoxy) is 1. The topological polar surface area (TPSA) is 139 Å². The Morgan fingerprint density at radius 2 is 1.63 bits per heavy atom. The number of nitrogens with zero attached hydrogens (tertiary/aromatic N) is 1. The van der Waals surface area contributed by atoms with Gasteiger partial charge in [-0.25, -0.2) is 18.1 Å². The molecule has 0 amide bonds. The van der Waals surface area contributed by atoms with E-state index in [4.69, 9.17) is 10.5 Å². The average molecular weight is 574 g/mol. The summed E-state index contributed by atoms with van der Waals surface area (Å²) in [6.07, 6.45) is -10.1. The minimum Gasteiger partial charge on any atom is -0.384 e. The molecule has 16 heteroatoms. The number of aliphatic hydroxyl groups is 1. The van der Waals surface area contributed by atoms with Gasteiger partial charge in [-0.3, -0.25) is 0 Å². The molecule has 214 valence electrons. The molecule has 0 spiro atoms. The van der Waals surface area contributed by atoms with Crippen LogP contribution in [0.25, 0.3) is 0 Å². The molecule has 0 radical (unpaired) electrons. The van der Waals surface area contributed by atoms with Gasteiger partial charge in [0.05, 0.1) is 12.6 Å². The van der Waals surface area contributed by atoms with Crippen LogP contribution in [0, 0.1) is 0 Å². The Morgan fingerprint density at radius 1 is 1.00 bits per heavy atom. The number of hydrogen-bond donors (Lipinski definition) is 5. The smallest absolute Gasteiger partial charge is 0.384 e. The van der Waals surface area contributed by atoms with Gasteiger partial charge in [-0.2, -0.15) is 26.3 Å². The second kappa shape index (κ2) is 12.9. The molecule has 0 saturated carbocycles. The van der Waals surface area contributed by atoms with Gasteiger partial charge in [0.2, 0.25) is 10.0 Å². The first-order valence-corrected chi connectivity index (χ1v) is 12.8. The lowest BCUT2D eigenvalue weighted by Gasteiger charge is -2.32. The number of hydrogen-bond acceptors (Lipinski definition) is 8. The summed E-state index contributed by atoms with van der Waals surface area (Å²) >= 11 is 0. The molecule has 0 aliphatic carbocycles. The Bertz CT molecular complexity index is 1100. The Kier molecular flexibility index (Phi) is 10.7. The van der Waals surface area contributed by atoms with E-state index in [0.29, 0.717) is 31.9 Å². The highest BCUT2D eigenvalue weighted by Crippen LogP contribution is 2.50. The van der Waals surface area contributed by atoms with Crippen LogP contribution in [0.2, 0.25) is 0 Å². The Labute approximate surface area is 215 Å². The zero-order valence-electron chi connectivity index (χ0n) is 20.2. The van der Waals surface area contributed by atoms with Crippen LogP contribution in [0.5, 0.6) is 0 Å².